The zero-order valence-electron chi connectivity index (χ0n) is 9.48. The predicted octanol–water partition coefficient (Wildman–Crippen LogP) is 1.66. The first-order valence-electron chi connectivity index (χ1n) is 5.42. The van der Waals surface area contributed by atoms with Crippen LogP contribution in [-0.4, -0.2) is 35.7 Å². The largest absolute Gasteiger partial charge is 0.395 e. The van der Waals surface area contributed by atoms with E-state index in [-0.39, 0.29) is 12.6 Å². The second-order valence-corrected chi connectivity index (χ2v) is 4.28. The van der Waals surface area contributed by atoms with Crippen LogP contribution < -0.4 is 5.32 Å². The lowest BCUT2D eigenvalue weighted by molar-refractivity contribution is 0.177. The molecule has 0 saturated carbocycles. The Bertz CT molecular complexity index is 295. The molecule has 0 spiro atoms. The topological polar surface area (TPSA) is 52.6 Å². The zero-order valence-corrected chi connectivity index (χ0v) is 10.3. The Balaban J connectivity index is 2.36. The van der Waals surface area contributed by atoms with E-state index >= 15 is 0 Å². The van der Waals surface area contributed by atoms with Gasteiger partial charge in [0.15, 0.2) is 0 Å². The van der Waals surface area contributed by atoms with E-state index in [0.29, 0.717) is 19.6 Å². The van der Waals surface area contributed by atoms with Crippen LogP contribution in [0.2, 0.25) is 0 Å². The van der Waals surface area contributed by atoms with Gasteiger partial charge in [-0.3, -0.25) is 0 Å². The number of thiophene rings is 1. The van der Waals surface area contributed by atoms with Gasteiger partial charge in [0.2, 0.25) is 0 Å². The number of carbonyl (C=O) groups is 1. The number of nitrogens with zero attached hydrogens (tertiary/aromatic N) is 1. The minimum Gasteiger partial charge on any atom is -0.395 e. The van der Waals surface area contributed by atoms with E-state index in [1.165, 1.54) is 0 Å². The third-order valence-electron chi connectivity index (χ3n) is 2.17. The van der Waals surface area contributed by atoms with Gasteiger partial charge in [-0.05, 0) is 28.8 Å². The van der Waals surface area contributed by atoms with Crippen LogP contribution >= 0.6 is 11.3 Å². The number of amides is 2. The van der Waals surface area contributed by atoms with Crippen molar-refractivity contribution in [3.63, 3.8) is 0 Å². The number of aliphatic hydroxyl groups excluding tert-OH is 1. The molecule has 2 N–H and O–H groups in total. The van der Waals surface area contributed by atoms with Crippen molar-refractivity contribution < 1.29 is 9.90 Å². The van der Waals surface area contributed by atoms with Gasteiger partial charge in [-0.2, -0.15) is 11.3 Å². The first-order chi connectivity index (χ1) is 7.77. The number of carbonyl (C=O) groups excluding carboxylic acids is 1. The van der Waals surface area contributed by atoms with Crippen molar-refractivity contribution in [1.29, 1.82) is 0 Å². The van der Waals surface area contributed by atoms with Gasteiger partial charge >= 0.3 is 6.03 Å². The van der Waals surface area contributed by atoms with E-state index in [0.717, 1.165) is 12.0 Å². The molecule has 0 radical (unpaired) electrons. The summed E-state index contributed by atoms with van der Waals surface area (Å²) < 4.78 is 0. The molecule has 0 fully saturated rings. The molecule has 0 unspecified atom stereocenters. The molecule has 1 rings (SSSR count). The fraction of sp³-hybridized carbons (Fsp3) is 0.545. The second kappa shape index (κ2) is 7.24. The Labute approximate surface area is 99.9 Å². The molecule has 0 aliphatic heterocycles. The van der Waals surface area contributed by atoms with Crippen LogP contribution in [0.3, 0.4) is 0 Å². The molecule has 0 aromatic carbocycles. The Morgan fingerprint density at radius 1 is 1.56 bits per heavy atom. The quantitative estimate of drug-likeness (QED) is 0.797. The van der Waals surface area contributed by atoms with Crippen LogP contribution in [-0.2, 0) is 6.54 Å². The van der Waals surface area contributed by atoms with E-state index in [4.69, 9.17) is 5.11 Å². The van der Waals surface area contributed by atoms with Gasteiger partial charge in [-0.15, -0.1) is 0 Å². The Morgan fingerprint density at radius 2 is 2.38 bits per heavy atom. The van der Waals surface area contributed by atoms with Crippen molar-refractivity contribution in [2.45, 2.75) is 19.9 Å². The molecular formula is C11H18N2O2S. The van der Waals surface area contributed by atoms with Crippen LogP contribution in [0.15, 0.2) is 16.8 Å². The monoisotopic (exact) mass is 242 g/mol. The average molecular weight is 242 g/mol. The van der Waals surface area contributed by atoms with Crippen LogP contribution in [0.1, 0.15) is 18.9 Å². The van der Waals surface area contributed by atoms with Gasteiger partial charge in [0.05, 0.1) is 6.61 Å². The van der Waals surface area contributed by atoms with Crippen LogP contribution in [0, 0.1) is 0 Å². The molecule has 1 heterocycles. The van der Waals surface area contributed by atoms with Crippen molar-refractivity contribution in [2.24, 2.45) is 0 Å². The number of hydrogen-bond donors (Lipinski definition) is 2. The fourth-order valence-corrected chi connectivity index (χ4v) is 2.06. The Kier molecular flexibility index (Phi) is 5.88. The lowest BCUT2D eigenvalue weighted by Crippen LogP contribution is -2.41. The minimum atomic E-state index is -0.109. The summed E-state index contributed by atoms with van der Waals surface area (Å²) in [6, 6.07) is 1.88. The zero-order chi connectivity index (χ0) is 11.8. The number of urea groups is 1. The van der Waals surface area contributed by atoms with E-state index < -0.39 is 0 Å². The van der Waals surface area contributed by atoms with Crippen molar-refractivity contribution in [2.75, 3.05) is 19.7 Å². The molecule has 16 heavy (non-hydrogen) atoms. The molecule has 0 bridgehead atoms. The summed E-state index contributed by atoms with van der Waals surface area (Å²) in [4.78, 5) is 13.4. The third-order valence-corrected chi connectivity index (χ3v) is 2.91. The summed E-state index contributed by atoms with van der Waals surface area (Å²) >= 11 is 1.62. The molecule has 0 atom stereocenters. The SMILES string of the molecule is CCCN(CCO)C(=O)NCc1ccsc1. The summed E-state index contributed by atoms with van der Waals surface area (Å²) in [5, 5.41) is 15.7. The summed E-state index contributed by atoms with van der Waals surface area (Å²) in [5.41, 5.74) is 1.11. The molecule has 90 valence electrons. The van der Waals surface area contributed by atoms with E-state index in [1.807, 2.05) is 23.8 Å². The Hall–Kier alpha value is -1.07. The van der Waals surface area contributed by atoms with Gasteiger partial charge in [-0.1, -0.05) is 6.92 Å². The van der Waals surface area contributed by atoms with E-state index in [9.17, 15) is 4.79 Å². The number of rotatable bonds is 6. The smallest absolute Gasteiger partial charge is 0.317 e. The Morgan fingerprint density at radius 3 is 2.94 bits per heavy atom. The molecule has 0 aliphatic rings. The predicted molar refractivity (Wildman–Crippen MR) is 65.5 cm³/mol. The molecule has 4 nitrogen and oxygen atoms in total. The molecule has 0 saturated heterocycles. The van der Waals surface area contributed by atoms with E-state index in [2.05, 4.69) is 5.32 Å². The fourth-order valence-electron chi connectivity index (χ4n) is 1.39. The second-order valence-electron chi connectivity index (χ2n) is 3.50. The normalized spacial score (nSPS) is 10.1. The summed E-state index contributed by atoms with van der Waals surface area (Å²) in [6.07, 6.45) is 0.895. The van der Waals surface area contributed by atoms with Gasteiger partial charge in [0.1, 0.15) is 0 Å². The molecular weight excluding hydrogens is 224 g/mol. The first-order valence-corrected chi connectivity index (χ1v) is 6.37. The molecule has 1 aromatic rings. The van der Waals surface area contributed by atoms with E-state index in [1.54, 1.807) is 16.2 Å². The lowest BCUT2D eigenvalue weighted by atomic mass is 10.3. The highest BCUT2D eigenvalue weighted by atomic mass is 32.1. The standard InChI is InChI=1S/C11H18N2O2S/c1-2-4-13(5-6-14)11(15)12-8-10-3-7-16-9-10/h3,7,9,14H,2,4-6,8H2,1H3,(H,12,15). The number of hydrogen-bond acceptors (Lipinski definition) is 3. The maximum Gasteiger partial charge on any atom is 0.317 e. The summed E-state index contributed by atoms with van der Waals surface area (Å²) in [5.74, 6) is 0. The minimum absolute atomic E-state index is 0.00582. The third kappa shape index (κ3) is 4.20. The average Bonchev–Trinajstić information content (AvgIpc) is 2.78. The number of aliphatic hydroxyl groups is 1. The molecule has 1 aromatic heterocycles. The summed E-state index contributed by atoms with van der Waals surface area (Å²) in [7, 11) is 0. The van der Waals surface area contributed by atoms with Crippen LogP contribution in [0.5, 0.6) is 0 Å². The maximum atomic E-state index is 11.7. The number of nitrogens with one attached hydrogen (secondary N) is 1. The van der Waals surface area contributed by atoms with Gasteiger partial charge in [-0.25, -0.2) is 4.79 Å². The molecule has 5 heteroatoms. The maximum absolute atomic E-state index is 11.7. The first kappa shape index (κ1) is 13.0. The van der Waals surface area contributed by atoms with Crippen molar-refractivity contribution in [3.05, 3.63) is 22.4 Å². The highest BCUT2D eigenvalue weighted by Crippen LogP contribution is 2.05. The van der Waals surface area contributed by atoms with Crippen molar-refractivity contribution in [1.82, 2.24) is 10.2 Å². The van der Waals surface area contributed by atoms with Gasteiger partial charge in [0.25, 0.3) is 0 Å². The molecule has 2 amide bonds. The molecule has 0 aliphatic carbocycles. The van der Waals surface area contributed by atoms with Crippen LogP contribution in [0.4, 0.5) is 4.79 Å². The van der Waals surface area contributed by atoms with Gasteiger partial charge < -0.3 is 15.3 Å². The highest BCUT2D eigenvalue weighted by molar-refractivity contribution is 7.07. The van der Waals surface area contributed by atoms with Crippen molar-refractivity contribution >= 4 is 17.4 Å². The van der Waals surface area contributed by atoms with Crippen molar-refractivity contribution in [3.8, 4) is 0 Å². The lowest BCUT2D eigenvalue weighted by Gasteiger charge is -2.21. The summed E-state index contributed by atoms with van der Waals surface area (Å²) in [6.45, 7) is 3.63. The highest BCUT2D eigenvalue weighted by Gasteiger charge is 2.10. The van der Waals surface area contributed by atoms with Crippen LogP contribution in [0.25, 0.3) is 0 Å². The van der Waals surface area contributed by atoms with Gasteiger partial charge in [0, 0.05) is 19.6 Å².